The average Bonchev–Trinajstić information content (AvgIpc) is 2.77. The largest absolute Gasteiger partial charge is 0.483 e. The number of likely N-dealkylation sites (N-methyl/N-ethyl adjacent to an activating group) is 1. The van der Waals surface area contributed by atoms with E-state index in [-0.39, 0.29) is 18.4 Å². The minimum atomic E-state index is -4.34. The molecule has 0 unspecified atom stereocenters. The van der Waals surface area contributed by atoms with Crippen LogP contribution in [0.25, 0.3) is 0 Å². The van der Waals surface area contributed by atoms with Crippen molar-refractivity contribution in [2.24, 2.45) is 0 Å². The van der Waals surface area contributed by atoms with Crippen LogP contribution in [-0.4, -0.2) is 73.4 Å². The second kappa shape index (κ2) is 10.0. The molecule has 0 spiro atoms. The van der Waals surface area contributed by atoms with Crippen LogP contribution in [-0.2, 0) is 17.5 Å². The Hall–Kier alpha value is -3.07. The number of hydrogen-bond acceptors (Lipinski definition) is 4. The molecule has 0 aliphatic carbocycles. The topological polar surface area (TPSA) is 53.1 Å². The van der Waals surface area contributed by atoms with E-state index in [0.29, 0.717) is 44.0 Å². The van der Waals surface area contributed by atoms with Gasteiger partial charge in [0.15, 0.2) is 6.61 Å². The summed E-state index contributed by atoms with van der Waals surface area (Å²) in [5.41, 5.74) is 0.530. The molecule has 1 aliphatic rings. The van der Waals surface area contributed by atoms with Crippen molar-refractivity contribution in [3.8, 4) is 5.75 Å². The zero-order valence-electron chi connectivity index (χ0n) is 18.1. The van der Waals surface area contributed by atoms with Gasteiger partial charge in [-0.15, -0.1) is 0 Å². The molecule has 1 fully saturated rings. The van der Waals surface area contributed by atoms with Gasteiger partial charge in [-0.05, 0) is 29.8 Å². The molecular formula is C23H26F3N3O3. The maximum Gasteiger partial charge on any atom is 0.416 e. The van der Waals surface area contributed by atoms with E-state index in [1.165, 1.54) is 17.0 Å². The monoisotopic (exact) mass is 449 g/mol. The highest BCUT2D eigenvalue weighted by atomic mass is 19.4. The standard InChI is InChI=1S/C23H26F3N3O3/c1-27(2)21(30)16-32-20-6-4-3-5-19(20)22(31)29-13-11-28(12-14-29)15-17-7-9-18(10-8-17)23(24,25)26/h3-10H,11-16H2,1-2H3. The molecule has 0 aromatic heterocycles. The van der Waals surface area contributed by atoms with Crippen molar-refractivity contribution in [1.29, 1.82) is 0 Å². The molecule has 2 amide bonds. The predicted octanol–water partition coefficient (Wildman–Crippen LogP) is 3.13. The number of benzene rings is 2. The third-order valence-corrected chi connectivity index (χ3v) is 5.31. The average molecular weight is 449 g/mol. The Morgan fingerprint density at radius 2 is 1.59 bits per heavy atom. The number of carbonyl (C=O) groups is 2. The van der Waals surface area contributed by atoms with E-state index in [2.05, 4.69) is 4.90 Å². The lowest BCUT2D eigenvalue weighted by atomic mass is 10.1. The molecule has 1 heterocycles. The fourth-order valence-corrected chi connectivity index (χ4v) is 3.37. The van der Waals surface area contributed by atoms with Gasteiger partial charge >= 0.3 is 6.18 Å². The second-order valence-electron chi connectivity index (χ2n) is 7.84. The first-order valence-electron chi connectivity index (χ1n) is 10.2. The summed E-state index contributed by atoms with van der Waals surface area (Å²) in [5, 5.41) is 0. The first-order chi connectivity index (χ1) is 15.1. The second-order valence-corrected chi connectivity index (χ2v) is 7.84. The van der Waals surface area contributed by atoms with Crippen LogP contribution in [0.3, 0.4) is 0 Å². The van der Waals surface area contributed by atoms with E-state index in [0.717, 1.165) is 17.7 Å². The lowest BCUT2D eigenvalue weighted by Crippen LogP contribution is -2.48. The number of hydrogen-bond donors (Lipinski definition) is 0. The predicted molar refractivity (Wildman–Crippen MR) is 113 cm³/mol. The fraction of sp³-hybridized carbons (Fsp3) is 0.391. The summed E-state index contributed by atoms with van der Waals surface area (Å²) >= 11 is 0. The van der Waals surface area contributed by atoms with E-state index in [4.69, 9.17) is 4.74 Å². The Bertz CT molecular complexity index is 937. The van der Waals surface area contributed by atoms with Crippen molar-refractivity contribution in [2.75, 3.05) is 46.9 Å². The highest BCUT2D eigenvalue weighted by molar-refractivity contribution is 5.97. The molecular weight excluding hydrogens is 423 g/mol. The van der Waals surface area contributed by atoms with E-state index in [1.54, 1.807) is 43.3 Å². The summed E-state index contributed by atoms with van der Waals surface area (Å²) in [7, 11) is 3.26. The number of amides is 2. The number of para-hydroxylation sites is 1. The number of ether oxygens (including phenoxy) is 1. The van der Waals surface area contributed by atoms with Gasteiger partial charge in [0, 0.05) is 46.8 Å². The third kappa shape index (κ3) is 6.00. The van der Waals surface area contributed by atoms with Crippen LogP contribution < -0.4 is 4.74 Å². The van der Waals surface area contributed by atoms with Crippen molar-refractivity contribution in [3.05, 3.63) is 65.2 Å². The number of alkyl halides is 3. The van der Waals surface area contributed by atoms with Gasteiger partial charge < -0.3 is 14.5 Å². The SMILES string of the molecule is CN(C)C(=O)COc1ccccc1C(=O)N1CCN(Cc2ccc(C(F)(F)F)cc2)CC1. The summed E-state index contributed by atoms with van der Waals surface area (Å²) < 4.78 is 43.7. The van der Waals surface area contributed by atoms with Crippen LogP contribution in [0.2, 0.25) is 0 Å². The summed E-state index contributed by atoms with van der Waals surface area (Å²) in [4.78, 5) is 30.1. The first kappa shape index (κ1) is 23.6. The normalized spacial score (nSPS) is 14.8. The smallest absolute Gasteiger partial charge is 0.416 e. The van der Waals surface area contributed by atoms with E-state index in [9.17, 15) is 22.8 Å². The molecule has 0 bridgehead atoms. The van der Waals surface area contributed by atoms with Crippen molar-refractivity contribution >= 4 is 11.8 Å². The Morgan fingerprint density at radius 1 is 0.969 bits per heavy atom. The van der Waals surface area contributed by atoms with Crippen molar-refractivity contribution in [3.63, 3.8) is 0 Å². The molecule has 2 aromatic carbocycles. The zero-order valence-corrected chi connectivity index (χ0v) is 18.1. The summed E-state index contributed by atoms with van der Waals surface area (Å²) in [6, 6.07) is 12.0. The van der Waals surface area contributed by atoms with Gasteiger partial charge in [-0.2, -0.15) is 13.2 Å². The maximum absolute atomic E-state index is 13.0. The Kier molecular flexibility index (Phi) is 7.40. The van der Waals surface area contributed by atoms with Gasteiger partial charge in [0.1, 0.15) is 5.75 Å². The molecule has 0 N–H and O–H groups in total. The van der Waals surface area contributed by atoms with E-state index < -0.39 is 11.7 Å². The van der Waals surface area contributed by atoms with E-state index >= 15 is 0 Å². The Balaban J connectivity index is 1.56. The number of piperazine rings is 1. The number of nitrogens with zero attached hydrogens (tertiary/aromatic N) is 3. The van der Waals surface area contributed by atoms with Gasteiger partial charge in [0.2, 0.25) is 0 Å². The molecule has 3 rings (SSSR count). The molecule has 32 heavy (non-hydrogen) atoms. The van der Waals surface area contributed by atoms with Crippen LogP contribution >= 0.6 is 0 Å². The number of carbonyl (C=O) groups excluding carboxylic acids is 2. The third-order valence-electron chi connectivity index (χ3n) is 5.31. The van der Waals surface area contributed by atoms with Gasteiger partial charge in [0.05, 0.1) is 11.1 Å². The van der Waals surface area contributed by atoms with Gasteiger partial charge in [-0.3, -0.25) is 14.5 Å². The molecule has 1 saturated heterocycles. The molecule has 172 valence electrons. The highest BCUT2D eigenvalue weighted by Gasteiger charge is 2.30. The molecule has 1 aliphatic heterocycles. The van der Waals surface area contributed by atoms with Crippen LogP contribution in [0, 0.1) is 0 Å². The van der Waals surface area contributed by atoms with Crippen LogP contribution in [0.15, 0.2) is 48.5 Å². The van der Waals surface area contributed by atoms with Crippen molar-refractivity contribution < 1.29 is 27.5 Å². The lowest BCUT2D eigenvalue weighted by molar-refractivity contribution is -0.137. The number of rotatable bonds is 6. The van der Waals surface area contributed by atoms with E-state index in [1.807, 2.05) is 0 Å². The van der Waals surface area contributed by atoms with Crippen molar-refractivity contribution in [2.45, 2.75) is 12.7 Å². The summed E-state index contributed by atoms with van der Waals surface area (Å²) in [6.45, 7) is 2.56. The quantitative estimate of drug-likeness (QED) is 0.680. The molecule has 0 atom stereocenters. The zero-order chi connectivity index (χ0) is 23.3. The first-order valence-corrected chi connectivity index (χ1v) is 10.2. The Morgan fingerprint density at radius 3 is 2.19 bits per heavy atom. The minimum Gasteiger partial charge on any atom is -0.483 e. The van der Waals surface area contributed by atoms with Gasteiger partial charge in [-0.1, -0.05) is 24.3 Å². The fourth-order valence-electron chi connectivity index (χ4n) is 3.37. The molecule has 2 aromatic rings. The molecule has 6 nitrogen and oxygen atoms in total. The van der Waals surface area contributed by atoms with Gasteiger partial charge in [-0.25, -0.2) is 0 Å². The van der Waals surface area contributed by atoms with Gasteiger partial charge in [0.25, 0.3) is 11.8 Å². The van der Waals surface area contributed by atoms with Crippen molar-refractivity contribution in [1.82, 2.24) is 14.7 Å². The lowest BCUT2D eigenvalue weighted by Gasteiger charge is -2.35. The van der Waals surface area contributed by atoms with Crippen LogP contribution in [0.4, 0.5) is 13.2 Å². The van der Waals surface area contributed by atoms with Crippen LogP contribution in [0.1, 0.15) is 21.5 Å². The number of halogens is 3. The highest BCUT2D eigenvalue weighted by Crippen LogP contribution is 2.29. The molecule has 0 saturated carbocycles. The summed E-state index contributed by atoms with van der Waals surface area (Å²) in [5.74, 6) is -0.0175. The maximum atomic E-state index is 13.0. The Labute approximate surface area is 185 Å². The minimum absolute atomic E-state index is 0.155. The summed E-state index contributed by atoms with van der Waals surface area (Å²) in [6.07, 6.45) is -4.34. The molecule has 9 heteroatoms. The molecule has 0 radical (unpaired) electrons. The van der Waals surface area contributed by atoms with Crippen LogP contribution in [0.5, 0.6) is 5.75 Å².